The number of amides is 1. The molecule has 0 spiro atoms. The van der Waals surface area contributed by atoms with Crippen molar-refractivity contribution in [2.45, 2.75) is 31.7 Å². The molecule has 22 heavy (non-hydrogen) atoms. The van der Waals surface area contributed by atoms with Crippen molar-refractivity contribution in [2.75, 3.05) is 38.5 Å². The topological polar surface area (TPSA) is 82.7 Å². The molecule has 0 unspecified atom stereocenters. The largest absolute Gasteiger partial charge is 0.396 e. The molecule has 2 saturated heterocycles. The van der Waals surface area contributed by atoms with Crippen LogP contribution in [-0.4, -0.2) is 64.0 Å². The van der Waals surface area contributed by atoms with E-state index in [1.807, 2.05) is 4.90 Å². The predicted molar refractivity (Wildman–Crippen MR) is 86.8 cm³/mol. The Morgan fingerprint density at radius 1 is 1.36 bits per heavy atom. The monoisotopic (exact) mass is 324 g/mol. The van der Waals surface area contributed by atoms with Crippen LogP contribution in [0.5, 0.6) is 0 Å². The number of rotatable bonds is 3. The number of anilines is 1. The Labute approximate surface area is 135 Å². The Hall–Kier alpha value is -1.18. The van der Waals surface area contributed by atoms with E-state index in [9.17, 15) is 9.90 Å². The van der Waals surface area contributed by atoms with E-state index in [0.717, 1.165) is 45.4 Å². The van der Waals surface area contributed by atoms with Gasteiger partial charge in [-0.05, 0) is 49.7 Å². The summed E-state index contributed by atoms with van der Waals surface area (Å²) in [6.45, 7) is 3.96. The summed E-state index contributed by atoms with van der Waals surface area (Å²) in [5.41, 5.74) is 6.29. The van der Waals surface area contributed by atoms with Crippen LogP contribution in [0.2, 0.25) is 0 Å². The van der Waals surface area contributed by atoms with E-state index in [-0.39, 0.29) is 12.5 Å². The van der Waals surface area contributed by atoms with Crippen molar-refractivity contribution in [2.24, 2.45) is 5.92 Å². The first-order valence-corrected chi connectivity index (χ1v) is 8.86. The van der Waals surface area contributed by atoms with Crippen LogP contribution in [0, 0.1) is 5.92 Å². The maximum Gasteiger partial charge on any atom is 0.258 e. The number of nitrogen functional groups attached to an aromatic ring is 1. The molecule has 2 aliphatic heterocycles. The van der Waals surface area contributed by atoms with Gasteiger partial charge in [-0.15, -0.1) is 0 Å². The molecule has 1 aromatic rings. The number of hydrogen-bond acceptors (Lipinski definition) is 6. The van der Waals surface area contributed by atoms with E-state index < -0.39 is 0 Å². The van der Waals surface area contributed by atoms with Gasteiger partial charge in [-0.3, -0.25) is 9.69 Å². The second kappa shape index (κ2) is 6.93. The number of hydrogen-bond donors (Lipinski definition) is 2. The van der Waals surface area contributed by atoms with Crippen LogP contribution in [0.1, 0.15) is 36.0 Å². The first-order chi connectivity index (χ1) is 10.7. The van der Waals surface area contributed by atoms with Gasteiger partial charge in [-0.2, -0.15) is 4.37 Å². The summed E-state index contributed by atoms with van der Waals surface area (Å²) in [5, 5.41) is 11.1. The van der Waals surface area contributed by atoms with Gasteiger partial charge in [0.05, 0.1) is 5.56 Å². The van der Waals surface area contributed by atoms with Gasteiger partial charge >= 0.3 is 0 Å². The van der Waals surface area contributed by atoms with E-state index in [2.05, 4.69) is 9.27 Å². The van der Waals surface area contributed by atoms with Crippen LogP contribution in [0.3, 0.4) is 0 Å². The summed E-state index contributed by atoms with van der Waals surface area (Å²) in [4.78, 5) is 16.8. The molecule has 0 aliphatic carbocycles. The van der Waals surface area contributed by atoms with Crippen molar-refractivity contribution in [3.63, 3.8) is 0 Å². The summed E-state index contributed by atoms with van der Waals surface area (Å²) >= 11 is 1.23. The molecule has 1 aromatic heterocycles. The molecule has 0 saturated carbocycles. The summed E-state index contributed by atoms with van der Waals surface area (Å²) in [6.07, 6.45) is 4.30. The fraction of sp³-hybridized carbons (Fsp3) is 0.733. The highest BCUT2D eigenvalue weighted by atomic mass is 32.1. The molecule has 0 radical (unpaired) electrons. The van der Waals surface area contributed by atoms with Gasteiger partial charge in [0.2, 0.25) is 0 Å². The molecule has 2 fully saturated rings. The number of nitrogens with two attached hydrogens (primary N) is 1. The molecule has 3 heterocycles. The number of aliphatic hydroxyl groups is 1. The first kappa shape index (κ1) is 15.7. The Balaban J connectivity index is 1.54. The molecule has 0 aromatic carbocycles. The molecule has 6 nitrogen and oxygen atoms in total. The summed E-state index contributed by atoms with van der Waals surface area (Å²) in [6, 6.07) is 0.538. The van der Waals surface area contributed by atoms with Crippen LogP contribution < -0.4 is 5.73 Å². The standard InChI is InChI=1S/C15H24N4O2S/c16-14-13(10-22-17-14)15(21)18-6-3-12(4-7-18)19-5-1-2-11(8-19)9-20/h10-12,20H,1-9H2,(H2,16,17)/t11-/m1/s1. The van der Waals surface area contributed by atoms with Crippen molar-refractivity contribution in [1.82, 2.24) is 14.2 Å². The Bertz CT molecular complexity index is 513. The number of nitrogens with zero attached hydrogens (tertiary/aromatic N) is 3. The van der Waals surface area contributed by atoms with Crippen LogP contribution in [-0.2, 0) is 0 Å². The highest BCUT2D eigenvalue weighted by molar-refractivity contribution is 7.04. The fourth-order valence-electron chi connectivity index (χ4n) is 3.59. The highest BCUT2D eigenvalue weighted by Crippen LogP contribution is 2.25. The van der Waals surface area contributed by atoms with E-state index >= 15 is 0 Å². The minimum Gasteiger partial charge on any atom is -0.396 e. The van der Waals surface area contributed by atoms with E-state index in [1.54, 1.807) is 5.38 Å². The van der Waals surface area contributed by atoms with E-state index in [0.29, 0.717) is 23.3 Å². The Morgan fingerprint density at radius 3 is 2.77 bits per heavy atom. The minimum atomic E-state index is 0.0107. The quantitative estimate of drug-likeness (QED) is 0.868. The minimum absolute atomic E-state index is 0.0107. The number of piperidine rings is 2. The van der Waals surface area contributed by atoms with Crippen LogP contribution in [0.4, 0.5) is 5.82 Å². The zero-order valence-electron chi connectivity index (χ0n) is 12.8. The molecule has 1 amide bonds. The zero-order chi connectivity index (χ0) is 15.5. The molecular formula is C15H24N4O2S. The second-order valence-electron chi connectivity index (χ2n) is 6.32. The SMILES string of the molecule is Nc1nscc1C(=O)N1CCC(N2CCC[C@@H](CO)C2)CC1. The molecule has 1 atom stereocenters. The Kier molecular flexibility index (Phi) is 4.95. The lowest BCUT2D eigenvalue weighted by Crippen LogP contribution is -2.50. The molecule has 2 aliphatic rings. The second-order valence-corrected chi connectivity index (χ2v) is 6.95. The van der Waals surface area contributed by atoms with E-state index in [4.69, 9.17) is 5.73 Å². The average molecular weight is 324 g/mol. The fourth-order valence-corrected chi connectivity index (χ4v) is 4.18. The van der Waals surface area contributed by atoms with Gasteiger partial charge in [0.1, 0.15) is 5.82 Å². The number of carbonyl (C=O) groups is 1. The number of aliphatic hydroxyl groups excluding tert-OH is 1. The third-order valence-corrected chi connectivity index (χ3v) is 5.55. The maximum atomic E-state index is 12.4. The number of likely N-dealkylation sites (tertiary alicyclic amines) is 2. The lowest BCUT2D eigenvalue weighted by atomic mass is 9.94. The van der Waals surface area contributed by atoms with Crippen molar-refractivity contribution in [3.05, 3.63) is 10.9 Å². The number of aromatic nitrogens is 1. The Morgan fingerprint density at radius 2 is 2.14 bits per heavy atom. The van der Waals surface area contributed by atoms with Crippen molar-refractivity contribution in [3.8, 4) is 0 Å². The van der Waals surface area contributed by atoms with Crippen LogP contribution in [0.15, 0.2) is 5.38 Å². The number of carbonyl (C=O) groups excluding carboxylic acids is 1. The van der Waals surface area contributed by atoms with Crippen LogP contribution in [0.25, 0.3) is 0 Å². The van der Waals surface area contributed by atoms with Crippen molar-refractivity contribution < 1.29 is 9.90 Å². The smallest absolute Gasteiger partial charge is 0.258 e. The molecule has 7 heteroatoms. The van der Waals surface area contributed by atoms with Gasteiger partial charge in [-0.1, -0.05) is 0 Å². The lowest BCUT2D eigenvalue weighted by Gasteiger charge is -2.42. The van der Waals surface area contributed by atoms with Gasteiger partial charge < -0.3 is 15.7 Å². The summed E-state index contributed by atoms with van der Waals surface area (Å²) < 4.78 is 3.98. The molecular weight excluding hydrogens is 300 g/mol. The molecule has 122 valence electrons. The predicted octanol–water partition coefficient (Wildman–Crippen LogP) is 1.03. The van der Waals surface area contributed by atoms with E-state index in [1.165, 1.54) is 18.0 Å². The van der Waals surface area contributed by atoms with Gasteiger partial charge in [0.15, 0.2) is 0 Å². The van der Waals surface area contributed by atoms with Gasteiger partial charge in [0, 0.05) is 37.7 Å². The third-order valence-electron chi connectivity index (χ3n) is 4.90. The lowest BCUT2D eigenvalue weighted by molar-refractivity contribution is 0.0456. The van der Waals surface area contributed by atoms with Gasteiger partial charge in [-0.25, -0.2) is 0 Å². The van der Waals surface area contributed by atoms with Crippen molar-refractivity contribution in [1.29, 1.82) is 0 Å². The maximum absolute atomic E-state index is 12.4. The molecule has 3 N–H and O–H groups in total. The normalized spacial score (nSPS) is 24.6. The van der Waals surface area contributed by atoms with Gasteiger partial charge in [0.25, 0.3) is 5.91 Å². The van der Waals surface area contributed by atoms with Crippen LogP contribution >= 0.6 is 11.5 Å². The summed E-state index contributed by atoms with van der Waals surface area (Å²) in [7, 11) is 0. The highest BCUT2D eigenvalue weighted by Gasteiger charge is 2.30. The molecule has 0 bridgehead atoms. The molecule has 3 rings (SSSR count). The first-order valence-electron chi connectivity index (χ1n) is 8.03. The van der Waals surface area contributed by atoms with Crippen molar-refractivity contribution >= 4 is 23.3 Å². The average Bonchev–Trinajstić information content (AvgIpc) is 3.00. The third kappa shape index (κ3) is 3.26. The zero-order valence-corrected chi connectivity index (χ0v) is 13.6. The summed E-state index contributed by atoms with van der Waals surface area (Å²) in [5.74, 6) is 0.778.